The van der Waals surface area contributed by atoms with E-state index in [0.717, 1.165) is 0 Å². The normalized spacial score (nSPS) is 12.3. The van der Waals surface area contributed by atoms with Crippen molar-refractivity contribution in [2.24, 2.45) is 0 Å². The van der Waals surface area contributed by atoms with Gasteiger partial charge in [0.15, 0.2) is 0 Å². The van der Waals surface area contributed by atoms with Crippen molar-refractivity contribution in [2.45, 2.75) is 6.18 Å². The van der Waals surface area contributed by atoms with Gasteiger partial charge >= 0.3 is 6.18 Å². The molecule has 0 radical (unpaired) electrons. The summed E-state index contributed by atoms with van der Waals surface area (Å²) in [5, 5.41) is 9.47. The Morgan fingerprint density at radius 2 is 2.00 bits per heavy atom. The predicted octanol–water partition coefficient (Wildman–Crippen LogP) is 3.82. The summed E-state index contributed by atoms with van der Waals surface area (Å²) >= 11 is 3.08. The quantitative estimate of drug-likeness (QED) is 0.817. The average Bonchev–Trinajstić information content (AvgIpc) is 2.14. The minimum Gasteiger partial charge on any atom is -0.508 e. The molecule has 0 saturated carbocycles. The van der Waals surface area contributed by atoms with E-state index < -0.39 is 17.5 Å². The lowest BCUT2D eigenvalue weighted by Gasteiger charge is -2.10. The molecule has 82 valence electrons. The summed E-state index contributed by atoms with van der Waals surface area (Å²) in [6.45, 7) is 0. The predicted molar refractivity (Wildman–Crippen MR) is 55.9 cm³/mol. The summed E-state index contributed by atoms with van der Waals surface area (Å²) < 4.78 is 37.5. The molecule has 0 saturated heterocycles. The van der Waals surface area contributed by atoms with Crippen molar-refractivity contribution in [1.82, 2.24) is 0 Å². The Morgan fingerprint density at radius 1 is 1.33 bits per heavy atom. The van der Waals surface area contributed by atoms with Gasteiger partial charge in [0.2, 0.25) is 0 Å². The van der Waals surface area contributed by atoms with Crippen molar-refractivity contribution in [3.8, 4) is 5.75 Å². The monoisotopic (exact) mass is 280 g/mol. The fourth-order valence-electron chi connectivity index (χ4n) is 1.11. The van der Waals surface area contributed by atoms with E-state index in [0.29, 0.717) is 11.4 Å². The Balaban J connectivity index is 3.21. The van der Waals surface area contributed by atoms with Crippen molar-refractivity contribution >= 4 is 22.0 Å². The number of allylic oxidation sites excluding steroid dienone is 1. The van der Waals surface area contributed by atoms with Gasteiger partial charge in [-0.05, 0) is 17.7 Å². The largest absolute Gasteiger partial charge is 0.508 e. The highest BCUT2D eigenvalue weighted by molar-refractivity contribution is 9.09. The Morgan fingerprint density at radius 3 is 2.53 bits per heavy atom. The lowest BCUT2D eigenvalue weighted by Crippen LogP contribution is -2.07. The molecule has 0 aliphatic rings. The number of phenolic OH excluding ortho intramolecular Hbond substituents is 1. The summed E-state index contributed by atoms with van der Waals surface area (Å²) in [6.07, 6.45) is -1.54. The fourth-order valence-corrected chi connectivity index (χ4v) is 1.29. The van der Waals surface area contributed by atoms with E-state index >= 15 is 0 Å². The lowest BCUT2D eigenvalue weighted by molar-refractivity contribution is -0.137. The number of alkyl halides is 4. The number of phenols is 1. The zero-order chi connectivity index (χ0) is 11.5. The Labute approximate surface area is 93.4 Å². The van der Waals surface area contributed by atoms with Gasteiger partial charge in [0.25, 0.3) is 0 Å². The van der Waals surface area contributed by atoms with E-state index in [2.05, 4.69) is 15.9 Å². The van der Waals surface area contributed by atoms with Gasteiger partial charge in [-0.2, -0.15) is 13.2 Å². The minimum atomic E-state index is -4.45. The van der Waals surface area contributed by atoms with Crippen molar-refractivity contribution in [3.63, 3.8) is 0 Å². The van der Waals surface area contributed by atoms with Crippen LogP contribution in [0.5, 0.6) is 5.75 Å². The summed E-state index contributed by atoms with van der Waals surface area (Å²) in [5.74, 6) is -0.390. The molecule has 0 bridgehead atoms. The van der Waals surface area contributed by atoms with Crippen LogP contribution in [0.2, 0.25) is 0 Å². The molecule has 0 fully saturated rings. The Kier molecular flexibility index (Phi) is 3.79. The molecule has 0 amide bonds. The molecular formula is C10H8BrF3O. The maximum absolute atomic E-state index is 12.5. The van der Waals surface area contributed by atoms with E-state index in [4.69, 9.17) is 5.11 Å². The SMILES string of the molecule is Oc1ccc(C=CCBr)c(C(F)(F)F)c1. The molecule has 0 aromatic heterocycles. The van der Waals surface area contributed by atoms with Crippen LogP contribution in [-0.2, 0) is 6.18 Å². The molecule has 0 spiro atoms. The molecule has 0 aliphatic heterocycles. The number of rotatable bonds is 2. The standard InChI is InChI=1S/C10H8BrF3O/c11-5-1-2-7-3-4-8(15)6-9(7)10(12,13)14/h1-4,6,15H,5H2. The van der Waals surface area contributed by atoms with Crippen LogP contribution in [0.25, 0.3) is 6.08 Å². The first kappa shape index (κ1) is 12.1. The third-order valence-electron chi connectivity index (χ3n) is 1.73. The van der Waals surface area contributed by atoms with Crippen LogP contribution >= 0.6 is 15.9 Å². The molecule has 0 heterocycles. The van der Waals surface area contributed by atoms with Gasteiger partial charge in [0, 0.05) is 5.33 Å². The van der Waals surface area contributed by atoms with Crippen LogP contribution in [-0.4, -0.2) is 10.4 Å². The second kappa shape index (κ2) is 4.70. The molecule has 1 aromatic carbocycles. The third kappa shape index (κ3) is 3.27. The van der Waals surface area contributed by atoms with E-state index in [9.17, 15) is 13.2 Å². The zero-order valence-electron chi connectivity index (χ0n) is 7.55. The number of hydrogen-bond acceptors (Lipinski definition) is 1. The van der Waals surface area contributed by atoms with Crippen LogP contribution in [0, 0.1) is 0 Å². The van der Waals surface area contributed by atoms with Gasteiger partial charge in [0.05, 0.1) is 5.56 Å². The summed E-state index contributed by atoms with van der Waals surface area (Å²) in [6, 6.07) is 3.17. The molecule has 1 rings (SSSR count). The summed E-state index contributed by atoms with van der Waals surface area (Å²) in [4.78, 5) is 0. The molecule has 15 heavy (non-hydrogen) atoms. The van der Waals surface area contributed by atoms with E-state index in [1.165, 1.54) is 18.2 Å². The molecule has 1 aromatic rings. The number of hydrogen-bond donors (Lipinski definition) is 1. The van der Waals surface area contributed by atoms with Gasteiger partial charge in [0.1, 0.15) is 5.75 Å². The highest BCUT2D eigenvalue weighted by Gasteiger charge is 2.32. The first-order valence-electron chi connectivity index (χ1n) is 4.08. The smallest absolute Gasteiger partial charge is 0.417 e. The maximum Gasteiger partial charge on any atom is 0.417 e. The van der Waals surface area contributed by atoms with Gasteiger partial charge in [-0.3, -0.25) is 0 Å². The van der Waals surface area contributed by atoms with Crippen molar-refractivity contribution in [1.29, 1.82) is 0 Å². The van der Waals surface area contributed by atoms with Gasteiger partial charge in [-0.1, -0.05) is 34.1 Å². The second-order valence-corrected chi connectivity index (χ2v) is 3.47. The van der Waals surface area contributed by atoms with Crippen LogP contribution in [0.4, 0.5) is 13.2 Å². The van der Waals surface area contributed by atoms with E-state index in [1.54, 1.807) is 6.08 Å². The average molecular weight is 281 g/mol. The maximum atomic E-state index is 12.5. The van der Waals surface area contributed by atoms with Gasteiger partial charge in [-0.15, -0.1) is 0 Å². The molecule has 0 atom stereocenters. The molecule has 1 nitrogen and oxygen atoms in total. The zero-order valence-corrected chi connectivity index (χ0v) is 9.14. The van der Waals surface area contributed by atoms with Gasteiger partial charge in [-0.25, -0.2) is 0 Å². The van der Waals surface area contributed by atoms with Gasteiger partial charge < -0.3 is 5.11 Å². The summed E-state index contributed by atoms with van der Waals surface area (Å²) in [7, 11) is 0. The van der Waals surface area contributed by atoms with Crippen molar-refractivity contribution in [3.05, 3.63) is 35.4 Å². The highest BCUT2D eigenvalue weighted by Crippen LogP contribution is 2.34. The molecule has 0 unspecified atom stereocenters. The topological polar surface area (TPSA) is 20.2 Å². The summed E-state index contributed by atoms with van der Waals surface area (Å²) in [5.41, 5.74) is -0.792. The van der Waals surface area contributed by atoms with Crippen LogP contribution < -0.4 is 0 Å². The Bertz CT molecular complexity index is 371. The van der Waals surface area contributed by atoms with Crippen LogP contribution in [0.15, 0.2) is 24.3 Å². The minimum absolute atomic E-state index is 0.0414. The first-order chi connectivity index (χ1) is 6.95. The lowest BCUT2D eigenvalue weighted by atomic mass is 10.1. The van der Waals surface area contributed by atoms with E-state index in [-0.39, 0.29) is 5.56 Å². The fraction of sp³-hybridized carbons (Fsp3) is 0.200. The number of halogens is 4. The van der Waals surface area contributed by atoms with Crippen LogP contribution in [0.1, 0.15) is 11.1 Å². The first-order valence-corrected chi connectivity index (χ1v) is 5.20. The third-order valence-corrected chi connectivity index (χ3v) is 2.10. The highest BCUT2D eigenvalue weighted by atomic mass is 79.9. The van der Waals surface area contributed by atoms with Crippen molar-refractivity contribution < 1.29 is 18.3 Å². The number of benzene rings is 1. The van der Waals surface area contributed by atoms with Crippen LogP contribution in [0.3, 0.4) is 0 Å². The van der Waals surface area contributed by atoms with Crippen molar-refractivity contribution in [2.75, 3.05) is 5.33 Å². The Hall–Kier alpha value is -0.970. The molecule has 0 aliphatic carbocycles. The molecular weight excluding hydrogens is 273 g/mol. The second-order valence-electron chi connectivity index (χ2n) is 2.83. The molecule has 5 heteroatoms. The number of aromatic hydroxyl groups is 1. The van der Waals surface area contributed by atoms with E-state index in [1.807, 2.05) is 0 Å². The molecule has 1 N–H and O–H groups in total.